The van der Waals surface area contributed by atoms with Gasteiger partial charge < -0.3 is 5.32 Å². The third-order valence-electron chi connectivity index (χ3n) is 2.09. The first-order valence-electron chi connectivity index (χ1n) is 4.84. The van der Waals surface area contributed by atoms with Crippen molar-refractivity contribution in [2.24, 2.45) is 0 Å². The molecule has 0 bridgehead atoms. The third-order valence-corrected chi connectivity index (χ3v) is 2.83. The van der Waals surface area contributed by atoms with E-state index in [2.05, 4.69) is 10.4 Å². The van der Waals surface area contributed by atoms with Crippen LogP contribution in [0.15, 0.2) is 30.6 Å². The second-order valence-corrected chi connectivity index (χ2v) is 4.34. The molecule has 0 aliphatic rings. The Morgan fingerprint density at radius 1 is 1.35 bits per heavy atom. The van der Waals surface area contributed by atoms with Gasteiger partial charge in [-0.15, -0.1) is 0 Å². The molecular weight excluding hydrogens is 261 g/mol. The largest absolute Gasteiger partial charge is 0.346 e. The van der Waals surface area contributed by atoms with E-state index in [0.29, 0.717) is 15.7 Å². The maximum atomic E-state index is 11.7. The maximum Gasteiger partial charge on any atom is 0.346 e. The van der Waals surface area contributed by atoms with Crippen LogP contribution in [0.5, 0.6) is 0 Å². The number of amides is 1. The highest BCUT2D eigenvalue weighted by molar-refractivity contribution is 6.42. The molecule has 0 spiro atoms. The number of nitrogens with one attached hydrogen (secondary N) is 1. The Morgan fingerprint density at radius 2 is 2.12 bits per heavy atom. The van der Waals surface area contributed by atoms with Gasteiger partial charge in [-0.2, -0.15) is 9.78 Å². The number of hydrogen-bond acceptors (Lipinski definition) is 2. The molecule has 0 aliphatic carbocycles. The van der Waals surface area contributed by atoms with E-state index in [9.17, 15) is 4.79 Å². The predicted molar refractivity (Wildman–Crippen MR) is 67.8 cm³/mol. The molecule has 1 aromatic heterocycles. The summed E-state index contributed by atoms with van der Waals surface area (Å²) in [6.45, 7) is 1.86. The molecule has 1 N–H and O–H groups in total. The number of aromatic nitrogens is 2. The highest BCUT2D eigenvalue weighted by Gasteiger charge is 2.07. The quantitative estimate of drug-likeness (QED) is 0.860. The molecule has 0 radical (unpaired) electrons. The molecule has 0 saturated carbocycles. The molecule has 0 unspecified atom stereocenters. The van der Waals surface area contributed by atoms with Gasteiger partial charge in [-0.05, 0) is 30.7 Å². The number of carbonyl (C=O) groups excluding carboxylic acids is 1. The van der Waals surface area contributed by atoms with Gasteiger partial charge in [0.15, 0.2) is 0 Å². The minimum atomic E-state index is -0.350. The lowest BCUT2D eigenvalue weighted by molar-refractivity contribution is 0.251. The number of hydrogen-bond donors (Lipinski definition) is 1. The van der Waals surface area contributed by atoms with Crippen LogP contribution in [0, 0.1) is 6.92 Å². The Morgan fingerprint density at radius 3 is 2.71 bits per heavy atom. The first kappa shape index (κ1) is 12.0. The fourth-order valence-corrected chi connectivity index (χ4v) is 1.58. The number of aryl methyl sites for hydroxylation is 1. The summed E-state index contributed by atoms with van der Waals surface area (Å²) in [5.74, 6) is 0. The van der Waals surface area contributed by atoms with Gasteiger partial charge >= 0.3 is 6.03 Å². The Bertz CT molecular complexity index is 566. The summed E-state index contributed by atoms with van der Waals surface area (Å²) in [5, 5.41) is 7.39. The van der Waals surface area contributed by atoms with Crippen LogP contribution in [0.4, 0.5) is 10.5 Å². The third kappa shape index (κ3) is 2.78. The molecule has 2 aromatic rings. The summed E-state index contributed by atoms with van der Waals surface area (Å²) in [4.78, 5) is 11.7. The molecular formula is C11H9Cl2N3O. The number of benzene rings is 1. The van der Waals surface area contributed by atoms with Crippen LogP contribution in [-0.2, 0) is 0 Å². The van der Waals surface area contributed by atoms with Crippen molar-refractivity contribution in [3.63, 3.8) is 0 Å². The molecule has 1 aromatic carbocycles. The summed E-state index contributed by atoms with van der Waals surface area (Å²) in [6, 6.07) is 4.52. The van der Waals surface area contributed by atoms with Crippen molar-refractivity contribution < 1.29 is 4.79 Å². The van der Waals surface area contributed by atoms with Crippen molar-refractivity contribution in [3.05, 3.63) is 46.2 Å². The van der Waals surface area contributed by atoms with Crippen LogP contribution in [0.2, 0.25) is 10.0 Å². The van der Waals surface area contributed by atoms with E-state index in [1.807, 2.05) is 6.92 Å². The van der Waals surface area contributed by atoms with Crippen LogP contribution in [0.1, 0.15) is 5.56 Å². The van der Waals surface area contributed by atoms with Crippen molar-refractivity contribution >= 4 is 34.9 Å². The van der Waals surface area contributed by atoms with E-state index >= 15 is 0 Å². The molecule has 1 heterocycles. The average molecular weight is 270 g/mol. The molecule has 0 saturated heterocycles. The minimum Gasteiger partial charge on any atom is -0.306 e. The van der Waals surface area contributed by atoms with Crippen molar-refractivity contribution in [1.82, 2.24) is 9.78 Å². The van der Waals surface area contributed by atoms with Crippen molar-refractivity contribution in [1.29, 1.82) is 0 Å². The standard InChI is InChI=1S/C11H9Cl2N3O/c1-7-5-14-16(6-7)11(17)15-8-2-3-9(12)10(13)4-8/h2-6H,1H3,(H,15,17). The van der Waals surface area contributed by atoms with E-state index in [1.54, 1.807) is 30.6 Å². The van der Waals surface area contributed by atoms with Crippen LogP contribution in [0.3, 0.4) is 0 Å². The van der Waals surface area contributed by atoms with Gasteiger partial charge in [-0.3, -0.25) is 0 Å². The second-order valence-electron chi connectivity index (χ2n) is 3.52. The van der Waals surface area contributed by atoms with Gasteiger partial charge in [-0.1, -0.05) is 23.2 Å². The fraction of sp³-hybridized carbons (Fsp3) is 0.0909. The number of rotatable bonds is 1. The van der Waals surface area contributed by atoms with Gasteiger partial charge in [-0.25, -0.2) is 4.79 Å². The van der Waals surface area contributed by atoms with E-state index in [4.69, 9.17) is 23.2 Å². The van der Waals surface area contributed by atoms with Crippen LogP contribution >= 0.6 is 23.2 Å². The predicted octanol–water partition coefficient (Wildman–Crippen LogP) is 3.58. The highest BCUT2D eigenvalue weighted by atomic mass is 35.5. The summed E-state index contributed by atoms with van der Waals surface area (Å²) < 4.78 is 1.22. The minimum absolute atomic E-state index is 0.350. The zero-order chi connectivity index (χ0) is 12.4. The van der Waals surface area contributed by atoms with Gasteiger partial charge in [0.05, 0.1) is 16.2 Å². The van der Waals surface area contributed by atoms with E-state index in [1.165, 1.54) is 4.68 Å². The lowest BCUT2D eigenvalue weighted by atomic mass is 10.3. The van der Waals surface area contributed by atoms with Crippen LogP contribution in [-0.4, -0.2) is 15.8 Å². The van der Waals surface area contributed by atoms with E-state index < -0.39 is 0 Å². The molecule has 0 atom stereocenters. The lowest BCUT2D eigenvalue weighted by Crippen LogP contribution is -2.19. The summed E-state index contributed by atoms with van der Waals surface area (Å²) in [5.41, 5.74) is 1.48. The lowest BCUT2D eigenvalue weighted by Gasteiger charge is -2.05. The molecule has 17 heavy (non-hydrogen) atoms. The molecule has 4 nitrogen and oxygen atoms in total. The molecule has 1 amide bonds. The van der Waals surface area contributed by atoms with Crippen molar-refractivity contribution in [2.45, 2.75) is 6.92 Å². The van der Waals surface area contributed by atoms with Crippen LogP contribution in [0.25, 0.3) is 0 Å². The average Bonchev–Trinajstić information content (AvgIpc) is 2.70. The number of nitrogens with zero attached hydrogens (tertiary/aromatic N) is 2. The monoisotopic (exact) mass is 269 g/mol. The van der Waals surface area contributed by atoms with Crippen LogP contribution < -0.4 is 5.32 Å². The number of halogens is 2. The van der Waals surface area contributed by atoms with Gasteiger partial charge in [0.25, 0.3) is 0 Å². The Balaban J connectivity index is 2.15. The second kappa shape index (κ2) is 4.77. The topological polar surface area (TPSA) is 46.9 Å². The van der Waals surface area contributed by atoms with E-state index in [-0.39, 0.29) is 6.03 Å². The molecule has 2 rings (SSSR count). The SMILES string of the molecule is Cc1cnn(C(=O)Nc2ccc(Cl)c(Cl)c2)c1. The molecule has 0 fully saturated rings. The summed E-state index contributed by atoms with van der Waals surface area (Å²) >= 11 is 11.6. The van der Waals surface area contributed by atoms with Crippen molar-refractivity contribution in [2.75, 3.05) is 5.32 Å². The smallest absolute Gasteiger partial charge is 0.306 e. The zero-order valence-corrected chi connectivity index (χ0v) is 10.5. The number of anilines is 1. The van der Waals surface area contributed by atoms with Gasteiger partial charge in [0, 0.05) is 11.9 Å². The normalized spacial score (nSPS) is 10.3. The maximum absolute atomic E-state index is 11.7. The fourth-order valence-electron chi connectivity index (χ4n) is 1.28. The summed E-state index contributed by atoms with van der Waals surface area (Å²) in [7, 11) is 0. The first-order chi connectivity index (χ1) is 8.06. The van der Waals surface area contributed by atoms with E-state index in [0.717, 1.165) is 5.56 Å². The first-order valence-corrected chi connectivity index (χ1v) is 5.59. The number of carbonyl (C=O) groups is 1. The molecule has 0 aliphatic heterocycles. The zero-order valence-electron chi connectivity index (χ0n) is 8.95. The Labute approximate surface area is 108 Å². The Kier molecular flexibility index (Phi) is 3.36. The van der Waals surface area contributed by atoms with Crippen molar-refractivity contribution in [3.8, 4) is 0 Å². The molecule has 6 heteroatoms. The molecule has 88 valence electrons. The highest BCUT2D eigenvalue weighted by Crippen LogP contribution is 2.24. The summed E-state index contributed by atoms with van der Waals surface area (Å²) in [6.07, 6.45) is 3.24. The van der Waals surface area contributed by atoms with Gasteiger partial charge in [0.2, 0.25) is 0 Å². The Hall–Kier alpha value is -1.52. The van der Waals surface area contributed by atoms with Gasteiger partial charge in [0.1, 0.15) is 0 Å².